The lowest BCUT2D eigenvalue weighted by atomic mass is 9.99. The van der Waals surface area contributed by atoms with Crippen molar-refractivity contribution in [1.29, 1.82) is 0 Å². The molecule has 0 heterocycles. The molecule has 4 aromatic carbocycles. The Morgan fingerprint density at radius 1 is 0.429 bits per heavy atom. The van der Waals surface area contributed by atoms with Crippen LogP contribution in [0.1, 0.15) is 154 Å². The minimum absolute atomic E-state index is 0.0241. The summed E-state index contributed by atoms with van der Waals surface area (Å²) in [5.41, 5.74) is 5.53. The van der Waals surface area contributed by atoms with Gasteiger partial charge in [-0.25, -0.2) is 14.8 Å². The molecule has 5 nitrogen and oxygen atoms in total. The Labute approximate surface area is 339 Å². The average Bonchev–Trinajstić information content (AvgIpc) is 3.23. The number of rotatable bonds is 24. The van der Waals surface area contributed by atoms with Gasteiger partial charge in [0.1, 0.15) is 0 Å². The van der Waals surface area contributed by atoms with E-state index in [0.717, 1.165) is 84.7 Å². The molecule has 0 N–H and O–H groups in total. The van der Waals surface area contributed by atoms with Crippen molar-refractivity contribution >= 4 is 18.0 Å². The molecule has 0 saturated heterocycles. The second kappa shape index (κ2) is 26.4. The van der Waals surface area contributed by atoms with Gasteiger partial charge in [-0.1, -0.05) is 215 Å². The van der Waals surface area contributed by atoms with Crippen LogP contribution in [0.5, 0.6) is 0 Å². The molecule has 0 aliphatic carbocycles. The minimum atomic E-state index is -0.821. The third kappa shape index (κ3) is 15.2. The summed E-state index contributed by atoms with van der Waals surface area (Å²) in [5, 5.41) is 0. The van der Waals surface area contributed by atoms with Gasteiger partial charge in [-0.2, -0.15) is 0 Å². The second-order valence-electron chi connectivity index (χ2n) is 15.1. The van der Waals surface area contributed by atoms with Crippen LogP contribution in [0.15, 0.2) is 119 Å². The van der Waals surface area contributed by atoms with Crippen molar-refractivity contribution in [3.63, 3.8) is 0 Å². The average molecular weight is 757 g/mol. The van der Waals surface area contributed by atoms with Crippen LogP contribution in [-0.2, 0) is 9.47 Å². The van der Waals surface area contributed by atoms with E-state index < -0.39 is 6.16 Å². The van der Waals surface area contributed by atoms with Crippen molar-refractivity contribution in [2.24, 2.45) is 9.98 Å². The van der Waals surface area contributed by atoms with Crippen molar-refractivity contribution in [3.8, 4) is 22.3 Å². The summed E-state index contributed by atoms with van der Waals surface area (Å²) in [5.74, 6) is 0.596. The number of carbonyl (C=O) groups excluding carboxylic acids is 1. The van der Waals surface area contributed by atoms with Gasteiger partial charge in [0, 0.05) is 11.1 Å². The van der Waals surface area contributed by atoms with Crippen molar-refractivity contribution in [2.75, 3.05) is 0 Å². The summed E-state index contributed by atoms with van der Waals surface area (Å²) < 4.78 is 12.6. The largest absolute Gasteiger partial charge is 0.522 e. The van der Waals surface area contributed by atoms with Gasteiger partial charge >= 0.3 is 6.16 Å². The standard InChI is InChI=1S/C51H68N2O3/c1-5-9-11-13-15-23-35-43(29-7-3)52-49(47-39-27-25-37-45(47)41-31-19-17-20-32-41)55-51(54)56-50(53-44(30-8-4)36-24-16-14-12-10-6-2)48-40-28-26-38-46(48)42-33-21-18-22-34-42/h17-22,25-28,31-34,37-40,43-44H,5-16,23-24,29-30,35-36H2,1-4H3. The molecule has 0 aliphatic heterocycles. The fraction of sp³-hybridized carbons (Fsp3) is 0.471. The molecule has 0 spiro atoms. The van der Waals surface area contributed by atoms with E-state index in [1.807, 2.05) is 72.8 Å². The number of benzene rings is 4. The molecular formula is C51H68N2O3. The molecule has 0 fully saturated rings. The second-order valence-corrected chi connectivity index (χ2v) is 15.1. The molecular weight excluding hydrogens is 689 g/mol. The number of nitrogens with zero attached hydrogens (tertiary/aromatic N) is 2. The van der Waals surface area contributed by atoms with Gasteiger partial charge in [-0.3, -0.25) is 0 Å². The summed E-state index contributed by atoms with van der Waals surface area (Å²) >= 11 is 0. The molecule has 56 heavy (non-hydrogen) atoms. The Hall–Kier alpha value is -4.51. The number of aliphatic imine (C=N–C) groups is 2. The summed E-state index contributed by atoms with van der Waals surface area (Å²) in [6.07, 6.45) is 19.5. The predicted molar refractivity (Wildman–Crippen MR) is 238 cm³/mol. The predicted octanol–water partition coefficient (Wildman–Crippen LogP) is 15.2. The minimum Gasteiger partial charge on any atom is -0.375 e. The third-order valence-corrected chi connectivity index (χ3v) is 10.5. The first-order valence-corrected chi connectivity index (χ1v) is 21.9. The topological polar surface area (TPSA) is 60.2 Å². The first-order chi connectivity index (χ1) is 27.6. The van der Waals surface area contributed by atoms with E-state index in [0.29, 0.717) is 11.8 Å². The zero-order chi connectivity index (χ0) is 39.6. The molecule has 2 unspecified atom stereocenters. The maximum absolute atomic E-state index is 14.3. The molecule has 2 atom stereocenters. The molecule has 0 amide bonds. The maximum Gasteiger partial charge on any atom is 0.522 e. The van der Waals surface area contributed by atoms with Crippen molar-refractivity contribution in [2.45, 2.75) is 155 Å². The fourth-order valence-corrected chi connectivity index (χ4v) is 7.42. The number of ether oxygens (including phenoxy) is 2. The Balaban J connectivity index is 1.71. The highest BCUT2D eigenvalue weighted by Gasteiger charge is 2.24. The highest BCUT2D eigenvalue weighted by molar-refractivity contribution is 6.08. The van der Waals surface area contributed by atoms with Gasteiger partial charge in [-0.15, -0.1) is 0 Å². The van der Waals surface area contributed by atoms with Crippen LogP contribution in [0.2, 0.25) is 0 Å². The molecule has 0 aromatic heterocycles. The van der Waals surface area contributed by atoms with E-state index >= 15 is 0 Å². The van der Waals surface area contributed by atoms with Crippen LogP contribution in [0.3, 0.4) is 0 Å². The molecule has 0 radical (unpaired) electrons. The van der Waals surface area contributed by atoms with E-state index in [9.17, 15) is 4.79 Å². The SMILES string of the molecule is CCCCCCCCC(CCC)N=C(OC(=O)OC(=NC(CCC)CCCCCCCC)c1ccccc1-c1ccccc1)c1ccccc1-c1ccccc1. The van der Waals surface area contributed by atoms with E-state index in [1.165, 1.54) is 64.2 Å². The quantitative estimate of drug-likeness (QED) is 0.0309. The Morgan fingerprint density at radius 2 is 0.786 bits per heavy atom. The van der Waals surface area contributed by atoms with E-state index in [1.54, 1.807) is 0 Å². The Kier molecular flexibility index (Phi) is 20.8. The fourth-order valence-electron chi connectivity index (χ4n) is 7.42. The van der Waals surface area contributed by atoms with Gasteiger partial charge < -0.3 is 9.47 Å². The molecule has 0 bridgehead atoms. The van der Waals surface area contributed by atoms with E-state index in [4.69, 9.17) is 19.5 Å². The first-order valence-electron chi connectivity index (χ1n) is 21.9. The van der Waals surface area contributed by atoms with Crippen LogP contribution >= 0.6 is 0 Å². The van der Waals surface area contributed by atoms with Crippen LogP contribution in [-0.4, -0.2) is 30.0 Å². The number of unbranched alkanes of at least 4 members (excludes halogenated alkanes) is 10. The van der Waals surface area contributed by atoms with Crippen molar-refractivity contribution in [1.82, 2.24) is 0 Å². The van der Waals surface area contributed by atoms with Gasteiger partial charge in [-0.05, 0) is 60.1 Å². The lowest BCUT2D eigenvalue weighted by Crippen LogP contribution is -2.23. The van der Waals surface area contributed by atoms with Gasteiger partial charge in [0.25, 0.3) is 0 Å². The number of carbonyl (C=O) groups is 1. The summed E-state index contributed by atoms with van der Waals surface area (Å²) in [4.78, 5) is 24.8. The zero-order valence-corrected chi connectivity index (χ0v) is 34.9. The lowest BCUT2D eigenvalue weighted by molar-refractivity contribution is 0.144. The molecule has 4 aromatic rings. The maximum atomic E-state index is 14.3. The summed E-state index contributed by atoms with van der Waals surface area (Å²) in [7, 11) is 0. The molecule has 0 aliphatic rings. The van der Waals surface area contributed by atoms with Crippen molar-refractivity contribution < 1.29 is 14.3 Å². The van der Waals surface area contributed by atoms with Crippen LogP contribution in [0.4, 0.5) is 4.79 Å². The van der Waals surface area contributed by atoms with E-state index in [-0.39, 0.29) is 12.1 Å². The zero-order valence-electron chi connectivity index (χ0n) is 34.9. The molecule has 4 rings (SSSR count). The van der Waals surface area contributed by atoms with Gasteiger partial charge in [0.05, 0.1) is 12.1 Å². The van der Waals surface area contributed by atoms with Crippen LogP contribution < -0.4 is 0 Å². The molecule has 5 heteroatoms. The first kappa shape index (κ1) is 44.2. The normalized spacial score (nSPS) is 13.0. The highest BCUT2D eigenvalue weighted by Crippen LogP contribution is 2.28. The number of hydrogen-bond acceptors (Lipinski definition) is 5. The number of hydrogen-bond donors (Lipinski definition) is 0. The Morgan fingerprint density at radius 3 is 1.18 bits per heavy atom. The van der Waals surface area contributed by atoms with Crippen LogP contribution in [0, 0.1) is 0 Å². The monoisotopic (exact) mass is 757 g/mol. The smallest absolute Gasteiger partial charge is 0.375 e. The van der Waals surface area contributed by atoms with Crippen molar-refractivity contribution in [3.05, 3.63) is 120 Å². The van der Waals surface area contributed by atoms with Crippen LogP contribution in [0.25, 0.3) is 22.3 Å². The van der Waals surface area contributed by atoms with Gasteiger partial charge in [0.15, 0.2) is 0 Å². The lowest BCUT2D eigenvalue weighted by Gasteiger charge is -2.19. The Bertz CT molecular complexity index is 1610. The van der Waals surface area contributed by atoms with E-state index in [2.05, 4.69) is 64.1 Å². The van der Waals surface area contributed by atoms with Gasteiger partial charge in [0.2, 0.25) is 11.8 Å². The molecule has 0 saturated carbocycles. The third-order valence-electron chi connectivity index (χ3n) is 10.5. The highest BCUT2D eigenvalue weighted by atomic mass is 16.7. The summed E-state index contributed by atoms with van der Waals surface area (Å²) in [6.45, 7) is 8.90. The molecule has 300 valence electrons. The summed E-state index contributed by atoms with van der Waals surface area (Å²) in [6, 6.07) is 36.6.